The van der Waals surface area contributed by atoms with Crippen LogP contribution in [0.15, 0.2) is 85.3 Å². The lowest BCUT2D eigenvalue weighted by molar-refractivity contribution is 0.0958. The molecule has 0 saturated carbocycles. The molecule has 0 atom stereocenters. The van der Waals surface area contributed by atoms with Gasteiger partial charge in [0, 0.05) is 31.6 Å². The van der Waals surface area contributed by atoms with Crippen molar-refractivity contribution in [1.82, 2.24) is 25.2 Å². The second-order valence-corrected chi connectivity index (χ2v) is 8.16. The van der Waals surface area contributed by atoms with Crippen molar-refractivity contribution in [2.75, 3.05) is 12.1 Å². The Balaban J connectivity index is 1.44. The van der Waals surface area contributed by atoms with Gasteiger partial charge in [0.05, 0.1) is 23.0 Å². The molecule has 5 aromatic rings. The molecule has 0 saturated heterocycles. The van der Waals surface area contributed by atoms with Gasteiger partial charge in [0.1, 0.15) is 17.2 Å². The highest BCUT2D eigenvalue weighted by molar-refractivity contribution is 7.22. The van der Waals surface area contributed by atoms with Crippen LogP contribution in [0.3, 0.4) is 0 Å². The van der Waals surface area contributed by atoms with Gasteiger partial charge in [-0.3, -0.25) is 9.78 Å². The molecule has 1 amide bonds. The predicted molar refractivity (Wildman–Crippen MR) is 128 cm³/mol. The molecule has 0 spiro atoms. The van der Waals surface area contributed by atoms with E-state index in [0.29, 0.717) is 23.7 Å². The highest BCUT2D eigenvalue weighted by atomic mass is 32.1. The molecule has 0 bridgehead atoms. The van der Waals surface area contributed by atoms with Crippen LogP contribution in [0, 0.1) is 0 Å². The lowest BCUT2D eigenvalue weighted by Gasteiger charge is -2.21. The Bertz CT molecular complexity index is 1380. The van der Waals surface area contributed by atoms with Gasteiger partial charge in [-0.05, 0) is 29.8 Å². The summed E-state index contributed by atoms with van der Waals surface area (Å²) in [5.41, 5.74) is 2.32. The molecule has 5 rings (SSSR count). The Morgan fingerprint density at radius 1 is 1.06 bits per heavy atom. The second-order valence-electron chi connectivity index (χ2n) is 7.15. The molecular formula is C24H20N6O2S. The van der Waals surface area contributed by atoms with E-state index >= 15 is 0 Å². The maximum atomic E-state index is 11.8. The third kappa shape index (κ3) is 4.53. The Hall–Kier alpha value is -4.24. The Morgan fingerprint density at radius 3 is 2.70 bits per heavy atom. The third-order valence-corrected chi connectivity index (χ3v) is 5.94. The Labute approximate surface area is 194 Å². The van der Waals surface area contributed by atoms with Crippen molar-refractivity contribution >= 4 is 32.6 Å². The number of pyridine rings is 1. The summed E-state index contributed by atoms with van der Waals surface area (Å²) >= 11 is 1.56. The zero-order valence-corrected chi connectivity index (χ0v) is 18.6. The van der Waals surface area contributed by atoms with Gasteiger partial charge in [-0.15, -0.1) is 0 Å². The number of hydrogen-bond acceptors (Lipinski definition) is 7. The summed E-state index contributed by atoms with van der Waals surface area (Å²) in [5, 5.41) is 9.82. The summed E-state index contributed by atoms with van der Waals surface area (Å²) in [6.45, 7) is 0.630. The summed E-state index contributed by atoms with van der Waals surface area (Å²) in [6, 6.07) is 21.2. The topological polar surface area (TPSA) is 85.2 Å². The van der Waals surface area contributed by atoms with Crippen LogP contribution in [0.5, 0.6) is 11.5 Å². The first-order chi connectivity index (χ1) is 16.2. The quantitative estimate of drug-likeness (QED) is 0.388. The molecule has 164 valence electrons. The maximum absolute atomic E-state index is 11.8. The first kappa shape index (κ1) is 20.7. The zero-order chi connectivity index (χ0) is 22.6. The van der Waals surface area contributed by atoms with Gasteiger partial charge >= 0.3 is 0 Å². The van der Waals surface area contributed by atoms with E-state index in [1.165, 1.54) is 0 Å². The van der Waals surface area contributed by atoms with E-state index in [9.17, 15) is 4.79 Å². The van der Waals surface area contributed by atoms with Crippen LogP contribution in [0.2, 0.25) is 0 Å². The number of anilines is 1. The fraction of sp³-hybridized carbons (Fsp3) is 0.0833. The number of rotatable bonds is 7. The first-order valence-electron chi connectivity index (χ1n) is 10.3. The summed E-state index contributed by atoms with van der Waals surface area (Å²) in [7, 11) is 1.57. The molecule has 3 aromatic heterocycles. The Kier molecular flexibility index (Phi) is 5.69. The molecule has 0 radical (unpaired) electrons. The largest absolute Gasteiger partial charge is 0.457 e. The van der Waals surface area contributed by atoms with Crippen molar-refractivity contribution in [2.24, 2.45) is 0 Å². The van der Waals surface area contributed by atoms with E-state index in [0.717, 1.165) is 20.9 Å². The number of ether oxygens (including phenoxy) is 1. The van der Waals surface area contributed by atoms with Gasteiger partial charge in [-0.1, -0.05) is 41.7 Å². The minimum atomic E-state index is -0.264. The van der Waals surface area contributed by atoms with Crippen molar-refractivity contribution in [3.8, 4) is 11.5 Å². The van der Waals surface area contributed by atoms with Crippen molar-refractivity contribution in [2.45, 2.75) is 6.54 Å². The van der Waals surface area contributed by atoms with E-state index in [2.05, 4.69) is 27.5 Å². The van der Waals surface area contributed by atoms with Crippen molar-refractivity contribution < 1.29 is 9.53 Å². The number of nitrogens with zero attached hydrogens (tertiary/aromatic N) is 5. The van der Waals surface area contributed by atoms with Gasteiger partial charge in [-0.2, -0.15) is 9.89 Å². The fourth-order valence-corrected chi connectivity index (χ4v) is 4.30. The predicted octanol–water partition coefficient (Wildman–Crippen LogP) is 4.51. The summed E-state index contributed by atoms with van der Waals surface area (Å²) in [5.74, 6) is 0.926. The van der Waals surface area contributed by atoms with Crippen molar-refractivity contribution in [3.63, 3.8) is 0 Å². The normalized spacial score (nSPS) is 10.8. The van der Waals surface area contributed by atoms with E-state index in [-0.39, 0.29) is 5.91 Å². The summed E-state index contributed by atoms with van der Waals surface area (Å²) in [4.78, 5) is 22.5. The third-order valence-electron chi connectivity index (χ3n) is 4.91. The van der Waals surface area contributed by atoms with Crippen molar-refractivity contribution in [3.05, 3.63) is 96.6 Å². The molecule has 3 heterocycles. The number of aromatic nitrogens is 4. The zero-order valence-electron chi connectivity index (χ0n) is 17.8. The van der Waals surface area contributed by atoms with Gasteiger partial charge in [0.25, 0.3) is 5.91 Å². The summed E-state index contributed by atoms with van der Waals surface area (Å²) < 4.78 is 6.97. The van der Waals surface area contributed by atoms with Gasteiger partial charge in [-0.25, -0.2) is 9.99 Å². The number of nitrogens with one attached hydrogen (secondary N) is 1. The molecule has 0 aliphatic heterocycles. The minimum Gasteiger partial charge on any atom is -0.457 e. The molecule has 1 N–H and O–H groups in total. The number of carbonyl (C=O) groups is 1. The van der Waals surface area contributed by atoms with Crippen LogP contribution in [0.4, 0.5) is 5.13 Å². The fourth-order valence-electron chi connectivity index (χ4n) is 3.32. The monoisotopic (exact) mass is 456 g/mol. The molecule has 0 aliphatic carbocycles. The van der Waals surface area contributed by atoms with Crippen LogP contribution >= 0.6 is 11.3 Å². The van der Waals surface area contributed by atoms with E-state index in [1.54, 1.807) is 47.7 Å². The minimum absolute atomic E-state index is 0.264. The van der Waals surface area contributed by atoms with Gasteiger partial charge in [0.2, 0.25) is 5.13 Å². The second kappa shape index (κ2) is 9.09. The smallest absolute Gasteiger partial charge is 0.269 e. The molecule has 2 aromatic carbocycles. The number of thiazole rings is 1. The number of carbonyl (C=O) groups excluding carboxylic acids is 1. The Morgan fingerprint density at radius 2 is 1.91 bits per heavy atom. The number of fused-ring (bicyclic) bond motifs is 1. The van der Waals surface area contributed by atoms with Crippen molar-refractivity contribution in [1.29, 1.82) is 0 Å². The number of benzene rings is 2. The highest BCUT2D eigenvalue weighted by Gasteiger charge is 2.16. The van der Waals surface area contributed by atoms with Crippen LogP contribution in [-0.4, -0.2) is 32.8 Å². The standard InChI is InChI=1S/C24H20N6O2S/c1-25-23(31)21-14-19(10-12-26-21)32-18-8-9-20-22(15-18)33-24(28-20)29(30-13-5-11-27-30)16-17-6-3-2-4-7-17/h2-15H,16H2,1H3,(H,25,31). The molecule has 0 unspecified atom stereocenters. The van der Waals surface area contributed by atoms with Crippen LogP contribution in [0.25, 0.3) is 10.2 Å². The molecule has 0 aliphatic rings. The SMILES string of the molecule is CNC(=O)c1cc(Oc2ccc3nc(N(Cc4ccccc4)n4cccn4)sc3c2)ccn1. The molecule has 0 fully saturated rings. The molecule has 33 heavy (non-hydrogen) atoms. The summed E-state index contributed by atoms with van der Waals surface area (Å²) in [6.07, 6.45) is 5.20. The van der Waals surface area contributed by atoms with E-state index < -0.39 is 0 Å². The van der Waals surface area contributed by atoms with E-state index in [4.69, 9.17) is 9.72 Å². The van der Waals surface area contributed by atoms with E-state index in [1.807, 2.05) is 53.7 Å². The molecular weight excluding hydrogens is 436 g/mol. The number of amides is 1. The lowest BCUT2D eigenvalue weighted by Crippen LogP contribution is -2.29. The maximum Gasteiger partial charge on any atom is 0.269 e. The van der Waals surface area contributed by atoms with Gasteiger partial charge in [0.15, 0.2) is 0 Å². The van der Waals surface area contributed by atoms with Gasteiger partial charge < -0.3 is 10.1 Å². The molecule has 9 heteroatoms. The highest BCUT2D eigenvalue weighted by Crippen LogP contribution is 2.33. The first-order valence-corrected chi connectivity index (χ1v) is 11.1. The average molecular weight is 457 g/mol. The van der Waals surface area contributed by atoms with Crippen LogP contribution in [0.1, 0.15) is 16.1 Å². The lowest BCUT2D eigenvalue weighted by atomic mass is 10.2. The average Bonchev–Trinajstić information content (AvgIpc) is 3.53. The number of hydrogen-bond donors (Lipinski definition) is 1. The molecule has 8 nitrogen and oxygen atoms in total. The van der Waals surface area contributed by atoms with Crippen LogP contribution in [-0.2, 0) is 6.54 Å². The van der Waals surface area contributed by atoms with Crippen LogP contribution < -0.4 is 15.1 Å².